The largest absolute Gasteiger partial charge is 0.497 e. The second kappa shape index (κ2) is 9.87. The molecule has 2 aromatic carbocycles. The van der Waals surface area contributed by atoms with Gasteiger partial charge in [0.25, 0.3) is 0 Å². The van der Waals surface area contributed by atoms with Gasteiger partial charge in [-0.05, 0) is 49.2 Å². The van der Waals surface area contributed by atoms with Crippen LogP contribution >= 0.6 is 22.9 Å². The maximum Gasteiger partial charge on any atom is 0.222 e. The zero-order valence-electron chi connectivity index (χ0n) is 18.6. The molecule has 0 bridgehead atoms. The number of nitrogens with zero attached hydrogens (tertiary/aromatic N) is 3. The minimum Gasteiger partial charge on any atom is -0.497 e. The number of aromatic nitrogens is 1. The molecule has 0 atom stereocenters. The van der Waals surface area contributed by atoms with E-state index in [0.717, 1.165) is 20.9 Å². The number of fused-ring (bicyclic) bond motifs is 1. The fourth-order valence-corrected chi connectivity index (χ4v) is 6.52. The van der Waals surface area contributed by atoms with Crippen molar-refractivity contribution in [2.45, 2.75) is 24.7 Å². The van der Waals surface area contributed by atoms with Crippen LogP contribution in [0.15, 0.2) is 41.3 Å². The highest BCUT2D eigenvalue weighted by atomic mass is 35.5. The molecule has 0 N–H and O–H groups in total. The number of aryl methyl sites for hydroxylation is 1. The average Bonchev–Trinajstić information content (AvgIpc) is 3.28. The third-order valence-electron chi connectivity index (χ3n) is 5.81. The van der Waals surface area contributed by atoms with Crippen LogP contribution in [0.3, 0.4) is 0 Å². The average molecular weight is 508 g/mol. The summed E-state index contributed by atoms with van der Waals surface area (Å²) in [6.45, 7) is 4.58. The summed E-state index contributed by atoms with van der Waals surface area (Å²) in [7, 11) is -1.90. The van der Waals surface area contributed by atoms with Crippen LogP contribution in [0.2, 0.25) is 5.02 Å². The van der Waals surface area contributed by atoms with Gasteiger partial charge >= 0.3 is 0 Å². The zero-order chi connectivity index (χ0) is 23.6. The van der Waals surface area contributed by atoms with Gasteiger partial charge in [-0.1, -0.05) is 29.0 Å². The van der Waals surface area contributed by atoms with Gasteiger partial charge in [-0.3, -0.25) is 4.79 Å². The number of methoxy groups -OCH3 is 1. The molecule has 1 fully saturated rings. The highest BCUT2D eigenvalue weighted by Gasteiger charge is 2.24. The summed E-state index contributed by atoms with van der Waals surface area (Å²) >= 11 is 7.91. The van der Waals surface area contributed by atoms with Crippen LogP contribution in [0.5, 0.6) is 5.75 Å². The molecule has 2 heterocycles. The molecular weight excluding hydrogens is 482 g/mol. The van der Waals surface area contributed by atoms with Crippen LogP contribution in [-0.4, -0.2) is 63.3 Å². The molecule has 3 aromatic rings. The maximum atomic E-state index is 12.6. The smallest absolute Gasteiger partial charge is 0.222 e. The molecule has 176 valence electrons. The van der Waals surface area contributed by atoms with Crippen molar-refractivity contribution in [2.75, 3.05) is 43.9 Å². The lowest BCUT2D eigenvalue weighted by atomic mass is 10.2. The quantitative estimate of drug-likeness (QED) is 0.477. The van der Waals surface area contributed by atoms with Crippen molar-refractivity contribution in [3.05, 3.63) is 47.0 Å². The Labute approximate surface area is 202 Å². The van der Waals surface area contributed by atoms with Gasteiger partial charge in [0.1, 0.15) is 5.75 Å². The Morgan fingerprint density at radius 1 is 1.12 bits per heavy atom. The van der Waals surface area contributed by atoms with E-state index >= 15 is 0 Å². The molecule has 7 nitrogen and oxygen atoms in total. The summed E-state index contributed by atoms with van der Waals surface area (Å²) in [5.41, 5.74) is 2.02. The maximum absolute atomic E-state index is 12.6. The van der Waals surface area contributed by atoms with Crippen LogP contribution < -0.4 is 9.64 Å². The monoisotopic (exact) mass is 507 g/mol. The lowest BCUT2D eigenvalue weighted by Crippen LogP contribution is -2.48. The second-order valence-corrected chi connectivity index (χ2v) is 11.5. The van der Waals surface area contributed by atoms with Crippen molar-refractivity contribution >= 4 is 54.0 Å². The van der Waals surface area contributed by atoms with Gasteiger partial charge in [-0.25, -0.2) is 13.4 Å². The number of carbonyl (C=O) groups excluding carboxylic acids is 1. The Morgan fingerprint density at radius 2 is 1.82 bits per heavy atom. The molecule has 1 aliphatic rings. The molecule has 1 saturated heterocycles. The van der Waals surface area contributed by atoms with Crippen LogP contribution in [0, 0.1) is 6.92 Å². The van der Waals surface area contributed by atoms with E-state index in [0.29, 0.717) is 43.4 Å². The van der Waals surface area contributed by atoms with E-state index in [1.165, 1.54) is 19.2 Å². The Balaban J connectivity index is 1.29. The molecule has 10 heteroatoms. The standard InChI is InChI=1S/C23H26ClN3O4S2/c1-16-5-10-19(24)22-21(16)25-23(32-22)27-13-11-26(12-14-27)20(28)4-3-15-33(29,30)18-8-6-17(31-2)7-9-18/h5-10H,3-4,11-15H2,1-2H3. The predicted octanol–water partition coefficient (Wildman–Crippen LogP) is 4.17. The Bertz CT molecular complexity index is 1210. The fourth-order valence-electron chi connectivity index (χ4n) is 3.85. The van der Waals surface area contributed by atoms with Gasteiger partial charge in [0.05, 0.1) is 33.0 Å². The first-order valence-electron chi connectivity index (χ1n) is 10.7. The molecule has 1 aliphatic heterocycles. The lowest BCUT2D eigenvalue weighted by molar-refractivity contribution is -0.131. The number of hydrogen-bond acceptors (Lipinski definition) is 7. The van der Waals surface area contributed by atoms with Gasteiger partial charge in [-0.15, -0.1) is 0 Å². The summed E-state index contributed by atoms with van der Waals surface area (Å²) < 4.78 is 31.1. The number of hydrogen-bond donors (Lipinski definition) is 0. The SMILES string of the molecule is COc1ccc(S(=O)(=O)CCCC(=O)N2CCN(c3nc4c(C)ccc(Cl)c4s3)CC2)cc1. The summed E-state index contributed by atoms with van der Waals surface area (Å²) in [6, 6.07) is 10.2. The molecule has 0 spiro atoms. The third kappa shape index (κ3) is 5.26. The van der Waals surface area contributed by atoms with Crippen molar-refractivity contribution in [3.8, 4) is 5.75 Å². The minimum atomic E-state index is -3.43. The Kier molecular flexibility index (Phi) is 7.11. The van der Waals surface area contributed by atoms with E-state index in [-0.39, 0.29) is 23.0 Å². The number of halogens is 1. The molecule has 33 heavy (non-hydrogen) atoms. The number of rotatable bonds is 7. The highest BCUT2D eigenvalue weighted by molar-refractivity contribution is 7.91. The van der Waals surface area contributed by atoms with Crippen molar-refractivity contribution < 1.29 is 17.9 Å². The Hall–Kier alpha value is -2.36. The number of ether oxygens (including phenoxy) is 1. The first-order valence-corrected chi connectivity index (χ1v) is 13.6. The normalized spacial score (nSPS) is 14.6. The van der Waals surface area contributed by atoms with Crippen molar-refractivity contribution in [1.82, 2.24) is 9.88 Å². The van der Waals surface area contributed by atoms with Gasteiger partial charge in [-0.2, -0.15) is 0 Å². The molecule has 0 unspecified atom stereocenters. The summed E-state index contributed by atoms with van der Waals surface area (Å²) in [5, 5.41) is 1.62. The van der Waals surface area contributed by atoms with Crippen molar-refractivity contribution in [3.63, 3.8) is 0 Å². The predicted molar refractivity (Wildman–Crippen MR) is 132 cm³/mol. The van der Waals surface area contributed by atoms with Crippen LogP contribution in [-0.2, 0) is 14.6 Å². The first-order chi connectivity index (χ1) is 15.8. The number of carbonyl (C=O) groups is 1. The van der Waals surface area contributed by atoms with Gasteiger partial charge in [0, 0.05) is 32.6 Å². The van der Waals surface area contributed by atoms with E-state index in [1.807, 2.05) is 24.0 Å². The number of anilines is 1. The lowest BCUT2D eigenvalue weighted by Gasteiger charge is -2.34. The van der Waals surface area contributed by atoms with Crippen LogP contribution in [0.1, 0.15) is 18.4 Å². The fraction of sp³-hybridized carbons (Fsp3) is 0.391. The van der Waals surface area contributed by atoms with Gasteiger partial charge < -0.3 is 14.5 Å². The summed E-state index contributed by atoms with van der Waals surface area (Å²) in [5.74, 6) is 0.534. The number of sulfone groups is 1. The topological polar surface area (TPSA) is 79.8 Å². The van der Waals surface area contributed by atoms with E-state index in [2.05, 4.69) is 4.90 Å². The molecular formula is C23H26ClN3O4S2. The number of benzene rings is 2. The molecule has 1 aromatic heterocycles. The molecule has 0 saturated carbocycles. The van der Waals surface area contributed by atoms with E-state index in [4.69, 9.17) is 21.3 Å². The summed E-state index contributed by atoms with van der Waals surface area (Å²) in [4.78, 5) is 21.6. The van der Waals surface area contributed by atoms with E-state index in [1.54, 1.807) is 23.5 Å². The van der Waals surface area contributed by atoms with Crippen molar-refractivity contribution in [1.29, 1.82) is 0 Å². The summed E-state index contributed by atoms with van der Waals surface area (Å²) in [6.07, 6.45) is 0.508. The minimum absolute atomic E-state index is 0.0113. The third-order valence-corrected chi connectivity index (χ3v) is 9.20. The molecule has 0 radical (unpaired) electrons. The zero-order valence-corrected chi connectivity index (χ0v) is 21.0. The van der Waals surface area contributed by atoms with Crippen LogP contribution in [0.25, 0.3) is 10.2 Å². The number of amides is 1. The molecule has 4 rings (SSSR count). The highest BCUT2D eigenvalue weighted by Crippen LogP contribution is 2.35. The van der Waals surface area contributed by atoms with Gasteiger partial charge in [0.2, 0.25) is 5.91 Å². The van der Waals surface area contributed by atoms with Gasteiger partial charge in [0.15, 0.2) is 15.0 Å². The van der Waals surface area contributed by atoms with Crippen LogP contribution in [0.4, 0.5) is 5.13 Å². The number of piperazine rings is 1. The number of thiazole rings is 1. The van der Waals surface area contributed by atoms with E-state index < -0.39 is 9.84 Å². The second-order valence-electron chi connectivity index (χ2n) is 8.00. The van der Waals surface area contributed by atoms with Crippen molar-refractivity contribution in [2.24, 2.45) is 0 Å². The Morgan fingerprint density at radius 3 is 2.45 bits per heavy atom. The van der Waals surface area contributed by atoms with E-state index in [9.17, 15) is 13.2 Å². The molecule has 0 aliphatic carbocycles. The molecule has 1 amide bonds. The first kappa shape index (κ1) is 23.8.